The number of carbonyl (C=O) groups excluding carboxylic acids is 2. The Kier molecular flexibility index (Phi) is 8.74. The molecule has 160 valence electrons. The van der Waals surface area contributed by atoms with Crippen molar-refractivity contribution in [3.05, 3.63) is 60.2 Å². The number of rotatable bonds is 10. The number of pyridine rings is 2. The van der Waals surface area contributed by atoms with Gasteiger partial charge < -0.3 is 20.4 Å². The van der Waals surface area contributed by atoms with Gasteiger partial charge in [0, 0.05) is 75.2 Å². The molecule has 0 atom stereocenters. The summed E-state index contributed by atoms with van der Waals surface area (Å²) in [7, 11) is 0. The zero-order valence-electron chi connectivity index (χ0n) is 17.3. The van der Waals surface area contributed by atoms with Gasteiger partial charge in [-0.05, 0) is 50.2 Å². The van der Waals surface area contributed by atoms with Crippen molar-refractivity contribution in [1.82, 2.24) is 30.4 Å². The van der Waals surface area contributed by atoms with Gasteiger partial charge in [-0.2, -0.15) is 0 Å². The van der Waals surface area contributed by atoms with E-state index in [2.05, 4.69) is 30.4 Å². The third-order valence-electron chi connectivity index (χ3n) is 5.22. The number of nitrogens with one attached hydrogen (secondary N) is 2. The van der Waals surface area contributed by atoms with Crippen molar-refractivity contribution in [2.75, 3.05) is 52.4 Å². The van der Waals surface area contributed by atoms with Gasteiger partial charge in [0.05, 0.1) is 0 Å². The molecule has 0 bridgehead atoms. The highest BCUT2D eigenvalue weighted by Crippen LogP contribution is 2.04. The Morgan fingerprint density at radius 3 is 1.43 bits per heavy atom. The fourth-order valence-corrected chi connectivity index (χ4v) is 3.46. The molecular weight excluding hydrogens is 380 g/mol. The van der Waals surface area contributed by atoms with Crippen LogP contribution in [0.25, 0.3) is 0 Å². The van der Waals surface area contributed by atoms with Crippen molar-refractivity contribution >= 4 is 11.8 Å². The Hall–Kier alpha value is -2.84. The first kappa shape index (κ1) is 21.9. The van der Waals surface area contributed by atoms with E-state index in [1.807, 2.05) is 0 Å². The average molecular weight is 411 g/mol. The van der Waals surface area contributed by atoms with Crippen LogP contribution < -0.4 is 10.6 Å². The van der Waals surface area contributed by atoms with Crippen LogP contribution in [0.15, 0.2) is 49.1 Å². The van der Waals surface area contributed by atoms with Gasteiger partial charge in [0.25, 0.3) is 11.8 Å². The molecule has 2 N–H and O–H groups in total. The van der Waals surface area contributed by atoms with E-state index < -0.39 is 0 Å². The molecule has 1 aliphatic rings. The highest BCUT2D eigenvalue weighted by Gasteiger charge is 2.16. The number of nitrogens with zero attached hydrogens (tertiary/aromatic N) is 4. The van der Waals surface area contributed by atoms with E-state index in [1.165, 1.54) is 0 Å². The maximum Gasteiger partial charge on any atom is 0.251 e. The molecule has 0 radical (unpaired) electrons. The van der Waals surface area contributed by atoms with Gasteiger partial charge in [-0.25, -0.2) is 0 Å². The minimum Gasteiger partial charge on any atom is -0.352 e. The summed E-state index contributed by atoms with van der Waals surface area (Å²) in [6, 6.07) is 6.89. The number of aromatic nitrogens is 2. The van der Waals surface area contributed by atoms with Gasteiger partial charge >= 0.3 is 0 Å². The Labute approximate surface area is 177 Å². The summed E-state index contributed by atoms with van der Waals surface area (Å²) in [5, 5.41) is 5.92. The topological polar surface area (TPSA) is 90.5 Å². The second-order valence-corrected chi connectivity index (χ2v) is 7.37. The van der Waals surface area contributed by atoms with Gasteiger partial charge in [0.15, 0.2) is 0 Å². The first-order chi connectivity index (χ1) is 14.7. The van der Waals surface area contributed by atoms with Crippen LogP contribution in [-0.4, -0.2) is 83.9 Å². The van der Waals surface area contributed by atoms with Crippen LogP contribution in [-0.2, 0) is 0 Å². The molecule has 0 aromatic carbocycles. The normalized spacial score (nSPS) is 14.9. The number of hydrogen-bond donors (Lipinski definition) is 2. The van der Waals surface area contributed by atoms with Crippen molar-refractivity contribution in [1.29, 1.82) is 0 Å². The van der Waals surface area contributed by atoms with Crippen LogP contribution in [0.4, 0.5) is 0 Å². The molecule has 0 aliphatic carbocycles. The van der Waals surface area contributed by atoms with E-state index in [-0.39, 0.29) is 11.8 Å². The molecule has 0 spiro atoms. The summed E-state index contributed by atoms with van der Waals surface area (Å²) >= 11 is 0. The lowest BCUT2D eigenvalue weighted by Crippen LogP contribution is -2.47. The van der Waals surface area contributed by atoms with Crippen molar-refractivity contribution in [2.24, 2.45) is 0 Å². The van der Waals surface area contributed by atoms with Crippen molar-refractivity contribution in [3.63, 3.8) is 0 Å². The third kappa shape index (κ3) is 7.20. The first-order valence-electron chi connectivity index (χ1n) is 10.5. The number of piperazine rings is 1. The molecule has 1 fully saturated rings. The standard InChI is InChI=1S/C22H30N6O2/c29-21(19-3-9-23-10-4-19)25-7-1-13-27-15-17-28(18-16-27)14-2-8-26-22(30)20-5-11-24-12-6-20/h3-6,9-12H,1-2,7-8,13-18H2,(H,25,29)(H,26,30). The Morgan fingerprint density at radius 2 is 1.07 bits per heavy atom. The fourth-order valence-electron chi connectivity index (χ4n) is 3.46. The SMILES string of the molecule is O=C(NCCCN1CCN(CCCNC(=O)c2ccncc2)CC1)c1ccncc1. The summed E-state index contributed by atoms with van der Waals surface area (Å²) in [5.74, 6) is -0.0866. The monoisotopic (exact) mass is 410 g/mol. The van der Waals surface area contributed by atoms with E-state index in [1.54, 1.807) is 49.1 Å². The van der Waals surface area contributed by atoms with Crippen molar-refractivity contribution < 1.29 is 9.59 Å². The molecule has 8 nitrogen and oxygen atoms in total. The predicted octanol–water partition coefficient (Wildman–Crippen LogP) is 1.03. The fraction of sp³-hybridized carbons (Fsp3) is 0.455. The summed E-state index contributed by atoms with van der Waals surface area (Å²) in [4.78, 5) is 36.7. The average Bonchev–Trinajstić information content (AvgIpc) is 2.81. The molecule has 2 amide bonds. The van der Waals surface area contributed by atoms with Crippen molar-refractivity contribution in [3.8, 4) is 0 Å². The lowest BCUT2D eigenvalue weighted by molar-refractivity contribution is 0.0934. The molecule has 1 saturated heterocycles. The van der Waals surface area contributed by atoms with Crippen LogP contribution in [0.3, 0.4) is 0 Å². The van der Waals surface area contributed by atoms with Gasteiger partial charge in [-0.1, -0.05) is 0 Å². The van der Waals surface area contributed by atoms with Crippen LogP contribution in [0, 0.1) is 0 Å². The maximum absolute atomic E-state index is 12.0. The summed E-state index contributed by atoms with van der Waals surface area (Å²) < 4.78 is 0. The zero-order chi connectivity index (χ0) is 21.0. The minimum absolute atomic E-state index is 0.0433. The zero-order valence-corrected chi connectivity index (χ0v) is 17.3. The van der Waals surface area contributed by atoms with E-state index in [0.717, 1.165) is 52.1 Å². The van der Waals surface area contributed by atoms with Gasteiger partial charge in [0.1, 0.15) is 0 Å². The van der Waals surface area contributed by atoms with Crippen LogP contribution in [0.5, 0.6) is 0 Å². The summed E-state index contributed by atoms with van der Waals surface area (Å²) in [5.41, 5.74) is 1.30. The molecule has 2 aromatic rings. The molecular formula is C22H30N6O2. The largest absolute Gasteiger partial charge is 0.352 e. The predicted molar refractivity (Wildman–Crippen MR) is 115 cm³/mol. The van der Waals surface area contributed by atoms with E-state index in [4.69, 9.17) is 0 Å². The van der Waals surface area contributed by atoms with Crippen LogP contribution in [0.2, 0.25) is 0 Å². The molecule has 3 rings (SSSR count). The minimum atomic E-state index is -0.0433. The van der Waals surface area contributed by atoms with E-state index >= 15 is 0 Å². The maximum atomic E-state index is 12.0. The first-order valence-corrected chi connectivity index (χ1v) is 10.5. The highest BCUT2D eigenvalue weighted by molar-refractivity contribution is 5.94. The van der Waals surface area contributed by atoms with Crippen LogP contribution >= 0.6 is 0 Å². The summed E-state index contributed by atoms with van der Waals surface area (Å²) in [6.07, 6.45) is 8.40. The number of hydrogen-bond acceptors (Lipinski definition) is 6. The molecule has 3 heterocycles. The molecule has 2 aromatic heterocycles. The molecule has 0 saturated carbocycles. The molecule has 1 aliphatic heterocycles. The van der Waals surface area contributed by atoms with Crippen molar-refractivity contribution in [2.45, 2.75) is 12.8 Å². The summed E-state index contributed by atoms with van der Waals surface area (Å²) in [6.45, 7) is 7.52. The van der Waals surface area contributed by atoms with Crippen LogP contribution in [0.1, 0.15) is 33.6 Å². The van der Waals surface area contributed by atoms with E-state index in [0.29, 0.717) is 24.2 Å². The lowest BCUT2D eigenvalue weighted by Gasteiger charge is -2.34. The molecule has 30 heavy (non-hydrogen) atoms. The van der Waals surface area contributed by atoms with Gasteiger partial charge in [-0.15, -0.1) is 0 Å². The quantitative estimate of drug-likeness (QED) is 0.569. The second-order valence-electron chi connectivity index (χ2n) is 7.37. The third-order valence-corrected chi connectivity index (χ3v) is 5.22. The number of amides is 2. The lowest BCUT2D eigenvalue weighted by atomic mass is 10.2. The molecule has 8 heteroatoms. The van der Waals surface area contributed by atoms with E-state index in [9.17, 15) is 9.59 Å². The second kappa shape index (κ2) is 12.0. The Bertz CT molecular complexity index is 711. The Balaban J connectivity index is 1.21. The Morgan fingerprint density at radius 1 is 0.700 bits per heavy atom. The highest BCUT2D eigenvalue weighted by atomic mass is 16.2. The van der Waals surface area contributed by atoms with Gasteiger partial charge in [-0.3, -0.25) is 19.6 Å². The smallest absolute Gasteiger partial charge is 0.251 e. The van der Waals surface area contributed by atoms with Gasteiger partial charge in [0.2, 0.25) is 0 Å². The number of carbonyl (C=O) groups is 2. The molecule has 0 unspecified atom stereocenters.